The van der Waals surface area contributed by atoms with Gasteiger partial charge in [0, 0.05) is 74.1 Å². The number of aromatic nitrogens is 2. The van der Waals surface area contributed by atoms with Crippen molar-refractivity contribution in [3.63, 3.8) is 0 Å². The van der Waals surface area contributed by atoms with E-state index in [9.17, 15) is 53.4 Å². The van der Waals surface area contributed by atoms with Gasteiger partial charge in [-0.05, 0) is 120 Å². The van der Waals surface area contributed by atoms with Gasteiger partial charge in [-0.15, -0.1) is 0 Å². The van der Waals surface area contributed by atoms with Gasteiger partial charge < -0.3 is 66.5 Å². The summed E-state index contributed by atoms with van der Waals surface area (Å²) in [4.78, 5) is 135. The van der Waals surface area contributed by atoms with Gasteiger partial charge in [0.15, 0.2) is 23.8 Å². The van der Waals surface area contributed by atoms with Crippen LogP contribution in [0.4, 0.5) is 4.79 Å². The summed E-state index contributed by atoms with van der Waals surface area (Å²) in [5.41, 5.74) is 4.40. The molecular formula is C73H112Cl2N10O14. The second-order valence-electron chi connectivity index (χ2n) is 31.5. The third-order valence-electron chi connectivity index (χ3n) is 19.8. The van der Waals surface area contributed by atoms with Crippen LogP contribution in [0.2, 0.25) is 10.0 Å². The van der Waals surface area contributed by atoms with Gasteiger partial charge in [-0.1, -0.05) is 130 Å². The molecule has 9 N–H and O–H groups in total. The zero-order chi connectivity index (χ0) is 72.7. The number of carbonyl (C=O) groups is 9. The Bertz CT molecular complexity index is 3050. The number of ether oxygens (including phenoxy) is 3. The molecule has 2 unspecified atom stereocenters. The largest absolute Gasteiger partial charge is 0.472 e. The number of hydrogen-bond acceptors (Lipinski definition) is 17. The fourth-order valence-corrected chi connectivity index (χ4v) is 14.1. The van der Waals surface area contributed by atoms with E-state index in [-0.39, 0.29) is 86.0 Å². The summed E-state index contributed by atoms with van der Waals surface area (Å²) in [7, 11) is 0. The number of rotatable bonds is 29. The molecule has 12 atom stereocenters. The Morgan fingerprint density at radius 2 is 0.960 bits per heavy atom. The standard InChI is InChI=1S/C39H60ClN5O8.C34H52ClN5O6/c1-8-12-28(33(47)35(49)42-25-16-17-25)43-34(48)29-19-26(52-31-18-15-24(40)21-41-31)22-45(29)36(50)27(38(2,3)4)20-30(46)32(23-13-10-9-11-14-23)44-37(51)53-39(5,6)7;1-5-9-25(30(42)32(44)38-22-13-14-22)39-31(43)26-16-23(46-28-15-12-21(35)18-37-28)19-40(26)33(45)24(34(2,3)4)17-27(41)29(36)20-10-7-6-8-11-20/h15,18,21,23,25-29,32-33,47H,8-14,16-17,19-20,22H2,1-7H3,(H,42,49)(H,43,48)(H,44,51);12,15,18,20,22-26,29-30,42H,5-11,13-14,16-17,19,36H2,1-4H3,(H,38,44)(H,39,43)/t26-,27-,28+,29+,32+,33?;23-,24-,25+,26+,29+,30?/m11/s1. The second kappa shape index (κ2) is 36.1. The van der Waals surface area contributed by atoms with E-state index in [0.717, 1.165) is 89.9 Å². The minimum absolute atomic E-state index is 0.0202. The highest BCUT2D eigenvalue weighted by atomic mass is 35.5. The Labute approximate surface area is 594 Å². The molecule has 6 fully saturated rings. The molecular weight excluding hydrogens is 1310 g/mol. The number of hydrogen-bond donors (Lipinski definition) is 8. The summed E-state index contributed by atoms with van der Waals surface area (Å²) in [5.74, 6) is -4.18. The molecule has 24 nitrogen and oxygen atoms in total. The summed E-state index contributed by atoms with van der Waals surface area (Å²) in [6, 6.07) is 1.46. The van der Waals surface area contributed by atoms with Crippen molar-refractivity contribution in [3.8, 4) is 11.8 Å². The molecule has 6 aliphatic rings. The molecule has 4 saturated carbocycles. The first-order valence-corrected chi connectivity index (χ1v) is 37.0. The van der Waals surface area contributed by atoms with E-state index in [1.807, 2.05) is 55.4 Å². The number of halogens is 2. The van der Waals surface area contributed by atoms with Crippen molar-refractivity contribution in [1.29, 1.82) is 0 Å². The summed E-state index contributed by atoms with van der Waals surface area (Å²) in [6.07, 6.45) is 13.2. The van der Waals surface area contributed by atoms with Crippen molar-refractivity contribution < 1.29 is 67.6 Å². The molecule has 4 aliphatic carbocycles. The number of aliphatic hydroxyl groups is 2. The predicted molar refractivity (Wildman–Crippen MR) is 375 cm³/mol. The van der Waals surface area contributed by atoms with E-state index >= 15 is 0 Å². The zero-order valence-electron chi connectivity index (χ0n) is 60.1. The van der Waals surface area contributed by atoms with Crippen LogP contribution in [0.3, 0.4) is 0 Å². The number of nitrogens with two attached hydrogens (primary N) is 1. The molecule has 7 amide bonds. The van der Waals surface area contributed by atoms with Crippen molar-refractivity contribution in [2.24, 2.45) is 40.2 Å². The lowest BCUT2D eigenvalue weighted by atomic mass is 9.74. The molecule has 0 bridgehead atoms. The lowest BCUT2D eigenvalue weighted by Crippen LogP contribution is -2.56. The maximum atomic E-state index is 14.8. The number of pyridine rings is 2. The first-order valence-electron chi connectivity index (χ1n) is 36.2. The van der Waals surface area contributed by atoms with Gasteiger partial charge in [-0.2, -0.15) is 0 Å². The van der Waals surface area contributed by atoms with Crippen LogP contribution in [0.1, 0.15) is 217 Å². The first-order chi connectivity index (χ1) is 46.6. The quantitative estimate of drug-likeness (QED) is 0.0378. The number of likely N-dealkylation sites (tertiary alicyclic amines) is 2. The van der Waals surface area contributed by atoms with Crippen LogP contribution in [-0.2, 0) is 43.1 Å². The number of Topliss-reactive ketones (excluding diaryl/α,β-unsaturated/α-hetero) is 2. The molecule has 2 aromatic rings. The van der Waals surface area contributed by atoms with Crippen LogP contribution in [-0.4, -0.2) is 175 Å². The van der Waals surface area contributed by atoms with Crippen molar-refractivity contribution in [3.05, 3.63) is 46.7 Å². The Morgan fingerprint density at radius 3 is 1.31 bits per heavy atom. The highest BCUT2D eigenvalue weighted by Gasteiger charge is 2.50. The minimum Gasteiger partial charge on any atom is -0.472 e. The molecule has 0 radical (unpaired) electrons. The average molecular weight is 1420 g/mol. The number of alkyl carbamates (subject to hydrolysis) is 1. The Morgan fingerprint density at radius 1 is 0.566 bits per heavy atom. The molecule has 26 heteroatoms. The summed E-state index contributed by atoms with van der Waals surface area (Å²) >= 11 is 12.0. The van der Waals surface area contributed by atoms with Crippen LogP contribution >= 0.6 is 23.2 Å². The van der Waals surface area contributed by atoms with Crippen LogP contribution in [0, 0.1) is 34.5 Å². The van der Waals surface area contributed by atoms with E-state index < -0.39 is 125 Å². The topological polar surface area (TPSA) is 340 Å². The van der Waals surface area contributed by atoms with Crippen LogP contribution < -0.4 is 41.8 Å². The Balaban J connectivity index is 0.000000281. The predicted octanol–water partition coefficient (Wildman–Crippen LogP) is 8.64. The Hall–Kier alpha value is -6.21. The molecule has 2 aliphatic heterocycles. The lowest BCUT2D eigenvalue weighted by molar-refractivity contribution is -0.147. The maximum Gasteiger partial charge on any atom is 0.408 e. The van der Waals surface area contributed by atoms with Crippen molar-refractivity contribution in [2.75, 3.05) is 13.1 Å². The molecule has 2 aromatic heterocycles. The number of aliphatic hydroxyl groups excluding tert-OH is 2. The highest BCUT2D eigenvalue weighted by molar-refractivity contribution is 6.30. The van der Waals surface area contributed by atoms with Crippen LogP contribution in [0.5, 0.6) is 11.8 Å². The third-order valence-corrected chi connectivity index (χ3v) is 20.3. The zero-order valence-corrected chi connectivity index (χ0v) is 61.6. The fraction of sp³-hybridized carbons (Fsp3) is 0.740. The van der Waals surface area contributed by atoms with E-state index in [2.05, 4.69) is 36.6 Å². The number of carbonyl (C=O) groups excluding carboxylic acids is 9. The van der Waals surface area contributed by atoms with Crippen molar-refractivity contribution in [2.45, 2.75) is 296 Å². The average Bonchev–Trinajstić information content (AvgIpc) is 1.73. The summed E-state index contributed by atoms with van der Waals surface area (Å²) in [5, 5.41) is 36.9. The second-order valence-corrected chi connectivity index (χ2v) is 32.4. The van der Waals surface area contributed by atoms with Gasteiger partial charge in [0.25, 0.3) is 11.8 Å². The van der Waals surface area contributed by atoms with Gasteiger partial charge in [0.1, 0.15) is 29.9 Å². The molecule has 4 heterocycles. The monoisotopic (exact) mass is 1420 g/mol. The fourth-order valence-electron chi connectivity index (χ4n) is 13.9. The van der Waals surface area contributed by atoms with Gasteiger partial charge >= 0.3 is 6.09 Å². The normalized spacial score (nSPS) is 22.5. The molecule has 99 heavy (non-hydrogen) atoms. The number of amides is 7. The first kappa shape index (κ1) is 80.1. The Kier molecular flexibility index (Phi) is 29.2. The molecule has 0 aromatic carbocycles. The lowest BCUT2D eigenvalue weighted by Gasteiger charge is -2.37. The third kappa shape index (κ3) is 24.2. The van der Waals surface area contributed by atoms with Gasteiger partial charge in [0.2, 0.25) is 35.4 Å². The van der Waals surface area contributed by atoms with E-state index in [1.54, 1.807) is 45.0 Å². The smallest absolute Gasteiger partial charge is 0.408 e. The van der Waals surface area contributed by atoms with Gasteiger partial charge in [-0.25, -0.2) is 14.8 Å². The van der Waals surface area contributed by atoms with Crippen LogP contribution in [0.15, 0.2) is 36.7 Å². The number of nitrogens with zero attached hydrogens (tertiary/aromatic N) is 4. The summed E-state index contributed by atoms with van der Waals surface area (Å²) in [6.45, 7) is 20.6. The number of nitrogens with one attached hydrogen (secondary N) is 5. The van der Waals surface area contributed by atoms with Crippen LogP contribution in [0.25, 0.3) is 0 Å². The molecule has 2 saturated heterocycles. The van der Waals surface area contributed by atoms with Crippen molar-refractivity contribution in [1.82, 2.24) is 46.4 Å². The van der Waals surface area contributed by atoms with E-state index in [4.69, 9.17) is 43.1 Å². The minimum atomic E-state index is -1.47. The SMILES string of the molecule is CCC[C@H](NC(=O)[C@@H]1C[C@@H](Oc2ccc(Cl)cn2)CN1C(=O)[C@@H](CC(=O)[C@@H](N)C1CCCCC1)C(C)(C)C)C(O)C(=O)NC1CC1.CCC[C@H](NC(=O)[C@@H]1C[C@@H](Oc2ccc(Cl)cn2)CN1C(=O)[C@@H](CC(=O)[C@@H](NC(=O)OC(C)(C)C)C1CCCCC1)C(C)(C)C)C(O)C(=O)NC1CC1. The maximum absolute atomic E-state index is 14.8. The van der Waals surface area contributed by atoms with E-state index in [0.29, 0.717) is 41.6 Å². The molecule has 8 rings (SSSR count). The number of ketones is 2. The van der Waals surface area contributed by atoms with Gasteiger partial charge in [-0.3, -0.25) is 38.4 Å². The summed E-state index contributed by atoms with van der Waals surface area (Å²) < 4.78 is 17.8. The molecule has 0 spiro atoms. The van der Waals surface area contributed by atoms with Crippen molar-refractivity contribution >= 4 is 76.3 Å². The van der Waals surface area contributed by atoms with E-state index in [1.165, 1.54) is 22.2 Å². The van der Waals surface area contributed by atoms with Gasteiger partial charge in [0.05, 0.1) is 47.3 Å². The highest BCUT2D eigenvalue weighted by Crippen LogP contribution is 2.39. The molecule has 552 valence electrons.